The SMILES string of the molecule is Cc1nc2ccccc2c(=O)n1CC1CCN(Cc2cccnc2)CC1. The summed E-state index contributed by atoms with van der Waals surface area (Å²) < 4.78 is 1.86. The van der Waals surface area contributed by atoms with Crippen molar-refractivity contribution in [3.05, 3.63) is 70.5 Å². The van der Waals surface area contributed by atoms with Crippen LogP contribution in [-0.4, -0.2) is 32.5 Å². The number of rotatable bonds is 4. The number of piperidine rings is 1. The van der Waals surface area contributed by atoms with Gasteiger partial charge < -0.3 is 0 Å². The fourth-order valence-corrected chi connectivity index (χ4v) is 3.83. The Labute approximate surface area is 153 Å². The normalized spacial score (nSPS) is 16.2. The van der Waals surface area contributed by atoms with Gasteiger partial charge in [-0.25, -0.2) is 4.98 Å². The first-order valence-electron chi connectivity index (χ1n) is 9.28. The van der Waals surface area contributed by atoms with Crippen molar-refractivity contribution in [3.8, 4) is 0 Å². The molecule has 134 valence electrons. The summed E-state index contributed by atoms with van der Waals surface area (Å²) in [5, 5.41) is 0.715. The van der Waals surface area contributed by atoms with Crippen molar-refractivity contribution in [2.45, 2.75) is 32.9 Å². The quantitative estimate of drug-likeness (QED) is 0.727. The molecule has 0 N–H and O–H groups in total. The van der Waals surface area contributed by atoms with E-state index in [-0.39, 0.29) is 5.56 Å². The van der Waals surface area contributed by atoms with Crippen LogP contribution < -0.4 is 5.56 Å². The number of fused-ring (bicyclic) bond motifs is 1. The van der Waals surface area contributed by atoms with Gasteiger partial charge >= 0.3 is 0 Å². The molecule has 5 nitrogen and oxygen atoms in total. The summed E-state index contributed by atoms with van der Waals surface area (Å²) in [5.41, 5.74) is 2.14. The molecule has 3 heterocycles. The second kappa shape index (κ2) is 7.38. The largest absolute Gasteiger partial charge is 0.299 e. The molecule has 0 radical (unpaired) electrons. The van der Waals surface area contributed by atoms with Gasteiger partial charge in [-0.15, -0.1) is 0 Å². The van der Waals surface area contributed by atoms with Crippen LogP contribution in [-0.2, 0) is 13.1 Å². The molecule has 1 aliphatic rings. The van der Waals surface area contributed by atoms with E-state index in [1.54, 1.807) is 0 Å². The van der Waals surface area contributed by atoms with Crippen LogP contribution in [0.1, 0.15) is 24.2 Å². The fraction of sp³-hybridized carbons (Fsp3) is 0.381. The zero-order valence-electron chi connectivity index (χ0n) is 15.1. The standard InChI is InChI=1S/C21H24N4O/c1-16-23-20-7-3-2-6-19(20)21(26)25(16)15-17-8-11-24(12-9-17)14-18-5-4-10-22-13-18/h2-7,10,13,17H,8-9,11-12,14-15H2,1H3. The Morgan fingerprint density at radius 2 is 1.92 bits per heavy atom. The van der Waals surface area contributed by atoms with E-state index in [1.807, 2.05) is 54.2 Å². The van der Waals surface area contributed by atoms with Crippen molar-refractivity contribution in [2.75, 3.05) is 13.1 Å². The van der Waals surface area contributed by atoms with Gasteiger partial charge in [0.1, 0.15) is 5.82 Å². The zero-order chi connectivity index (χ0) is 17.9. The molecule has 1 saturated heterocycles. The first-order valence-corrected chi connectivity index (χ1v) is 9.28. The first-order chi connectivity index (χ1) is 12.7. The number of hydrogen-bond donors (Lipinski definition) is 0. The molecule has 2 aromatic heterocycles. The number of pyridine rings is 1. The van der Waals surface area contributed by atoms with Crippen molar-refractivity contribution >= 4 is 10.9 Å². The van der Waals surface area contributed by atoms with Gasteiger partial charge in [0.2, 0.25) is 0 Å². The average molecular weight is 348 g/mol. The summed E-state index contributed by atoms with van der Waals surface area (Å²) in [4.78, 5) is 24.1. The highest BCUT2D eigenvalue weighted by Gasteiger charge is 2.21. The Morgan fingerprint density at radius 3 is 2.69 bits per heavy atom. The summed E-state index contributed by atoms with van der Waals surface area (Å²) in [7, 11) is 0. The predicted octanol–water partition coefficient (Wildman–Crippen LogP) is 3.01. The molecular formula is C21H24N4O. The third-order valence-electron chi connectivity index (χ3n) is 5.33. The molecule has 0 amide bonds. The van der Waals surface area contributed by atoms with Gasteiger partial charge in [-0.2, -0.15) is 0 Å². The van der Waals surface area contributed by atoms with Gasteiger partial charge in [-0.3, -0.25) is 19.2 Å². The Morgan fingerprint density at radius 1 is 1.12 bits per heavy atom. The molecule has 1 aromatic carbocycles. The summed E-state index contributed by atoms with van der Waals surface area (Å²) in [6.45, 7) is 5.79. The maximum atomic E-state index is 12.8. The topological polar surface area (TPSA) is 51.0 Å². The molecule has 0 spiro atoms. The van der Waals surface area contributed by atoms with Gasteiger partial charge in [0.25, 0.3) is 5.56 Å². The van der Waals surface area contributed by atoms with E-state index >= 15 is 0 Å². The minimum absolute atomic E-state index is 0.0888. The van der Waals surface area contributed by atoms with E-state index < -0.39 is 0 Å². The second-order valence-corrected chi connectivity index (χ2v) is 7.17. The van der Waals surface area contributed by atoms with Crippen LogP contribution in [0.3, 0.4) is 0 Å². The zero-order valence-corrected chi connectivity index (χ0v) is 15.1. The van der Waals surface area contributed by atoms with Crippen molar-refractivity contribution in [1.82, 2.24) is 19.4 Å². The molecule has 0 atom stereocenters. The van der Waals surface area contributed by atoms with E-state index in [0.717, 1.165) is 50.4 Å². The lowest BCUT2D eigenvalue weighted by Crippen LogP contribution is -2.36. The Balaban J connectivity index is 1.43. The molecule has 5 heteroatoms. The van der Waals surface area contributed by atoms with Crippen molar-refractivity contribution in [3.63, 3.8) is 0 Å². The number of benzene rings is 1. The number of aryl methyl sites for hydroxylation is 1. The van der Waals surface area contributed by atoms with Gasteiger partial charge in [-0.05, 0) is 62.5 Å². The Kier molecular flexibility index (Phi) is 4.80. The lowest BCUT2D eigenvalue weighted by atomic mass is 9.96. The van der Waals surface area contributed by atoms with Crippen LogP contribution >= 0.6 is 0 Å². The second-order valence-electron chi connectivity index (χ2n) is 7.17. The third-order valence-corrected chi connectivity index (χ3v) is 5.33. The smallest absolute Gasteiger partial charge is 0.261 e. The van der Waals surface area contributed by atoms with Gasteiger partial charge in [0.05, 0.1) is 10.9 Å². The summed E-state index contributed by atoms with van der Waals surface area (Å²) in [6, 6.07) is 11.7. The van der Waals surface area contributed by atoms with E-state index in [9.17, 15) is 4.79 Å². The maximum Gasteiger partial charge on any atom is 0.261 e. The third kappa shape index (κ3) is 3.53. The minimum atomic E-state index is 0.0888. The average Bonchev–Trinajstić information content (AvgIpc) is 2.67. The molecule has 1 aliphatic heterocycles. The first kappa shape index (κ1) is 16.9. The Hall–Kier alpha value is -2.53. The molecule has 3 aromatic rings. The molecule has 0 bridgehead atoms. The number of likely N-dealkylation sites (tertiary alicyclic amines) is 1. The van der Waals surface area contributed by atoms with Crippen LogP contribution in [0.2, 0.25) is 0 Å². The van der Waals surface area contributed by atoms with Crippen molar-refractivity contribution in [2.24, 2.45) is 5.92 Å². The van der Waals surface area contributed by atoms with Gasteiger partial charge in [-0.1, -0.05) is 18.2 Å². The van der Waals surface area contributed by atoms with E-state index in [4.69, 9.17) is 0 Å². The summed E-state index contributed by atoms with van der Waals surface area (Å²) >= 11 is 0. The predicted molar refractivity (Wildman–Crippen MR) is 103 cm³/mol. The fourth-order valence-electron chi connectivity index (χ4n) is 3.83. The highest BCUT2D eigenvalue weighted by molar-refractivity contribution is 5.77. The van der Waals surface area contributed by atoms with E-state index in [2.05, 4.69) is 20.9 Å². The molecule has 0 saturated carbocycles. The molecular weight excluding hydrogens is 324 g/mol. The van der Waals surface area contributed by atoms with Crippen LogP contribution in [0.15, 0.2) is 53.6 Å². The van der Waals surface area contributed by atoms with Crippen LogP contribution in [0.25, 0.3) is 10.9 Å². The van der Waals surface area contributed by atoms with E-state index in [0.29, 0.717) is 11.3 Å². The number of nitrogens with zero attached hydrogens (tertiary/aromatic N) is 4. The molecule has 0 aliphatic carbocycles. The maximum absolute atomic E-state index is 12.8. The highest BCUT2D eigenvalue weighted by Crippen LogP contribution is 2.21. The molecule has 1 fully saturated rings. The lowest BCUT2D eigenvalue weighted by Gasteiger charge is -2.32. The minimum Gasteiger partial charge on any atom is -0.299 e. The molecule has 0 unspecified atom stereocenters. The lowest BCUT2D eigenvalue weighted by molar-refractivity contribution is 0.166. The summed E-state index contributed by atoms with van der Waals surface area (Å²) in [6.07, 6.45) is 5.97. The molecule has 4 rings (SSSR count). The molecule has 26 heavy (non-hydrogen) atoms. The van der Waals surface area contributed by atoms with Crippen molar-refractivity contribution < 1.29 is 0 Å². The monoisotopic (exact) mass is 348 g/mol. The summed E-state index contributed by atoms with van der Waals surface area (Å²) in [5.74, 6) is 1.34. The van der Waals surface area contributed by atoms with Gasteiger partial charge in [0.15, 0.2) is 0 Å². The van der Waals surface area contributed by atoms with Gasteiger partial charge in [0, 0.05) is 25.5 Å². The van der Waals surface area contributed by atoms with Crippen LogP contribution in [0, 0.1) is 12.8 Å². The Bertz CT molecular complexity index is 943. The number of aromatic nitrogens is 3. The van der Waals surface area contributed by atoms with E-state index in [1.165, 1.54) is 5.56 Å². The van der Waals surface area contributed by atoms with Crippen molar-refractivity contribution in [1.29, 1.82) is 0 Å². The van der Waals surface area contributed by atoms with Crippen LogP contribution in [0.5, 0.6) is 0 Å². The number of hydrogen-bond acceptors (Lipinski definition) is 4. The number of para-hydroxylation sites is 1. The van der Waals surface area contributed by atoms with Crippen LogP contribution in [0.4, 0.5) is 0 Å². The highest BCUT2D eigenvalue weighted by atomic mass is 16.1.